The quantitative estimate of drug-likeness (QED) is 0.0731. The minimum absolute atomic E-state index is 0.0227. The van der Waals surface area contributed by atoms with Gasteiger partial charge in [-0.1, -0.05) is 194 Å². The summed E-state index contributed by atoms with van der Waals surface area (Å²) in [6, 6.07) is 0. The molecule has 249 valence electrons. The maximum atomic E-state index is 12.2. The van der Waals surface area contributed by atoms with Crippen LogP contribution in [0.25, 0.3) is 0 Å². The second kappa shape index (κ2) is 34.4. The highest BCUT2D eigenvalue weighted by atomic mass is 16.2. The van der Waals surface area contributed by atoms with Gasteiger partial charge >= 0.3 is 0 Å². The number of amides is 2. The molecule has 2 amide bonds. The summed E-state index contributed by atoms with van der Waals surface area (Å²) >= 11 is 0. The fourth-order valence-corrected chi connectivity index (χ4v) is 5.89. The third kappa shape index (κ3) is 33.4. The lowest BCUT2D eigenvalue weighted by Gasteiger charge is -2.14. The van der Waals surface area contributed by atoms with Gasteiger partial charge in [0.1, 0.15) is 0 Å². The van der Waals surface area contributed by atoms with Crippen molar-refractivity contribution in [1.82, 2.24) is 10.6 Å². The molecule has 0 atom stereocenters. The molecule has 0 unspecified atom stereocenters. The number of unbranched alkanes of at least 4 members (excludes halogenated alkanes) is 28. The highest BCUT2D eigenvalue weighted by molar-refractivity contribution is 5.80. The molecule has 0 fully saturated rings. The number of carbonyl (C=O) groups excluding carboxylic acids is 2. The van der Waals surface area contributed by atoms with Crippen LogP contribution in [0.15, 0.2) is 0 Å². The summed E-state index contributed by atoms with van der Waals surface area (Å²) in [4.78, 5) is 24.4. The van der Waals surface area contributed by atoms with Crippen LogP contribution in [-0.4, -0.2) is 11.8 Å². The number of rotatable bonds is 34. The third-order valence-electron chi connectivity index (χ3n) is 8.67. The van der Waals surface area contributed by atoms with E-state index in [1.807, 2.05) is 0 Å². The van der Waals surface area contributed by atoms with Gasteiger partial charge in [0, 0.05) is 12.8 Å². The summed E-state index contributed by atoms with van der Waals surface area (Å²) in [6.07, 6.45) is 41.5. The molecule has 42 heavy (non-hydrogen) atoms. The van der Waals surface area contributed by atoms with Gasteiger partial charge in [-0.15, -0.1) is 0 Å². The van der Waals surface area contributed by atoms with Crippen molar-refractivity contribution in [3.8, 4) is 0 Å². The largest absolute Gasteiger partial charge is 0.330 e. The lowest BCUT2D eigenvalue weighted by atomic mass is 10.0. The monoisotopic (exact) mass is 592 g/mol. The van der Waals surface area contributed by atoms with E-state index < -0.39 is 0 Å². The topological polar surface area (TPSA) is 58.2 Å². The molecule has 0 aromatic carbocycles. The Hall–Kier alpha value is -1.06. The van der Waals surface area contributed by atoms with Gasteiger partial charge in [-0.2, -0.15) is 0 Å². The van der Waals surface area contributed by atoms with Gasteiger partial charge in [-0.05, 0) is 19.8 Å². The van der Waals surface area contributed by atoms with Crippen molar-refractivity contribution in [2.45, 2.75) is 226 Å². The first kappa shape index (κ1) is 40.9. The lowest BCUT2D eigenvalue weighted by Crippen LogP contribution is -2.39. The van der Waals surface area contributed by atoms with Crippen molar-refractivity contribution in [2.24, 2.45) is 0 Å². The summed E-state index contributed by atoms with van der Waals surface area (Å²) in [5.74, 6) is 0.0453. The molecule has 1 radical (unpaired) electrons. The molecule has 0 saturated heterocycles. The molecule has 2 N–H and O–H groups in total. The fraction of sp³-hybridized carbons (Fsp3) is 0.921. The highest BCUT2D eigenvalue weighted by Crippen LogP contribution is 2.15. The van der Waals surface area contributed by atoms with Gasteiger partial charge in [0.05, 0.1) is 0 Å². The van der Waals surface area contributed by atoms with Crippen LogP contribution in [0.3, 0.4) is 0 Å². The van der Waals surface area contributed by atoms with E-state index in [1.54, 1.807) is 6.92 Å². The summed E-state index contributed by atoms with van der Waals surface area (Å²) < 4.78 is 0. The number of hydrogen-bond acceptors (Lipinski definition) is 2. The molecule has 0 saturated carbocycles. The van der Waals surface area contributed by atoms with Crippen molar-refractivity contribution in [2.75, 3.05) is 0 Å². The van der Waals surface area contributed by atoms with Crippen molar-refractivity contribution >= 4 is 11.8 Å². The predicted molar refractivity (Wildman–Crippen MR) is 184 cm³/mol. The van der Waals surface area contributed by atoms with Gasteiger partial charge in [-0.3, -0.25) is 9.59 Å². The molecule has 0 aliphatic heterocycles. The maximum Gasteiger partial charge on any atom is 0.221 e. The van der Waals surface area contributed by atoms with Gasteiger partial charge in [0.15, 0.2) is 6.17 Å². The highest BCUT2D eigenvalue weighted by Gasteiger charge is 2.11. The number of carbonyl (C=O) groups is 2. The Morgan fingerprint density at radius 2 is 0.524 bits per heavy atom. The van der Waals surface area contributed by atoms with Crippen molar-refractivity contribution < 1.29 is 9.59 Å². The zero-order valence-electron chi connectivity index (χ0n) is 28.9. The van der Waals surface area contributed by atoms with Gasteiger partial charge in [0.2, 0.25) is 11.8 Å². The van der Waals surface area contributed by atoms with Gasteiger partial charge in [0.25, 0.3) is 0 Å². The minimum Gasteiger partial charge on any atom is -0.330 e. The van der Waals surface area contributed by atoms with E-state index >= 15 is 0 Å². The zero-order valence-corrected chi connectivity index (χ0v) is 28.9. The zero-order chi connectivity index (χ0) is 30.8. The first-order chi connectivity index (χ1) is 20.6. The van der Waals surface area contributed by atoms with Crippen LogP contribution >= 0.6 is 0 Å². The number of nitrogens with one attached hydrogen (secondary N) is 2. The van der Waals surface area contributed by atoms with Crippen LogP contribution in [0.2, 0.25) is 0 Å². The predicted octanol–water partition coefficient (Wildman–Crippen LogP) is 12.3. The molecular formula is C38H75N2O2. The first-order valence-electron chi connectivity index (χ1n) is 19.0. The molecule has 0 spiro atoms. The van der Waals surface area contributed by atoms with Crippen molar-refractivity contribution in [1.29, 1.82) is 0 Å². The third-order valence-corrected chi connectivity index (χ3v) is 8.67. The molecule has 0 rings (SSSR count). The average molecular weight is 592 g/mol. The van der Waals surface area contributed by atoms with E-state index in [4.69, 9.17) is 0 Å². The van der Waals surface area contributed by atoms with E-state index in [0.29, 0.717) is 19.0 Å². The van der Waals surface area contributed by atoms with Gasteiger partial charge < -0.3 is 10.6 Å². The normalized spacial score (nSPS) is 11.3. The van der Waals surface area contributed by atoms with Gasteiger partial charge in [-0.25, -0.2) is 0 Å². The molecular weight excluding hydrogens is 516 g/mol. The molecule has 0 aliphatic carbocycles. The standard InChI is InChI=1S/C38H75N2O2/c1-4-6-8-10-12-14-16-18-20-22-24-26-28-30-32-34-37(41)39-36(3)40-38(42)35-33-31-29-27-25-23-21-19-17-15-13-11-9-7-5-2/h4-35H2,1-3H3,(H,39,41)(H,40,42). The lowest BCUT2D eigenvalue weighted by molar-refractivity contribution is -0.122. The molecule has 4 heteroatoms. The molecule has 0 bridgehead atoms. The molecule has 4 nitrogen and oxygen atoms in total. The van der Waals surface area contributed by atoms with E-state index in [1.165, 1.54) is 167 Å². The second-order valence-corrected chi connectivity index (χ2v) is 13.1. The van der Waals surface area contributed by atoms with E-state index in [9.17, 15) is 9.59 Å². The van der Waals surface area contributed by atoms with Crippen molar-refractivity contribution in [3.63, 3.8) is 0 Å². The Morgan fingerprint density at radius 3 is 0.738 bits per heavy atom. The van der Waals surface area contributed by atoms with Crippen LogP contribution in [0.5, 0.6) is 0 Å². The minimum atomic E-state index is 0.0227. The van der Waals surface area contributed by atoms with Crippen LogP contribution in [-0.2, 0) is 9.59 Å². The summed E-state index contributed by atoms with van der Waals surface area (Å²) in [7, 11) is 0. The Balaban J connectivity index is 3.39. The Kier molecular flexibility index (Phi) is 33.6. The Bertz CT molecular complexity index is 517. The molecule has 0 aromatic heterocycles. The second-order valence-electron chi connectivity index (χ2n) is 13.1. The van der Waals surface area contributed by atoms with Crippen LogP contribution in [0.4, 0.5) is 0 Å². The molecule has 0 aliphatic rings. The van der Waals surface area contributed by atoms with Crippen molar-refractivity contribution in [3.05, 3.63) is 6.17 Å². The first-order valence-corrected chi connectivity index (χ1v) is 19.0. The van der Waals surface area contributed by atoms with Crippen LogP contribution < -0.4 is 10.6 Å². The summed E-state index contributed by atoms with van der Waals surface area (Å²) in [5, 5.41) is 5.72. The molecule has 0 heterocycles. The Morgan fingerprint density at radius 1 is 0.333 bits per heavy atom. The fourth-order valence-electron chi connectivity index (χ4n) is 5.89. The van der Waals surface area contributed by atoms with E-state index in [2.05, 4.69) is 24.5 Å². The summed E-state index contributed by atoms with van der Waals surface area (Å²) in [6.45, 7) is 6.35. The SMILES string of the molecule is CCCCCCCCCCCCCCCCCC(=O)N[C](C)NC(=O)CCCCCCCCCCCCCCCCC. The average Bonchev–Trinajstić information content (AvgIpc) is 2.97. The maximum absolute atomic E-state index is 12.2. The van der Waals surface area contributed by atoms with E-state index in [0.717, 1.165) is 25.7 Å². The van der Waals surface area contributed by atoms with Crippen LogP contribution in [0.1, 0.15) is 226 Å². The molecule has 0 aromatic rings. The summed E-state index contributed by atoms with van der Waals surface area (Å²) in [5.41, 5.74) is 0. The van der Waals surface area contributed by atoms with E-state index in [-0.39, 0.29) is 11.8 Å². The smallest absolute Gasteiger partial charge is 0.221 e. The number of hydrogen-bond donors (Lipinski definition) is 2. The van der Waals surface area contributed by atoms with Crippen LogP contribution in [0, 0.1) is 6.17 Å². The Labute approximate surface area is 264 Å².